The van der Waals surface area contributed by atoms with E-state index in [-0.39, 0.29) is 29.6 Å². The van der Waals surface area contributed by atoms with Gasteiger partial charge in [0.2, 0.25) is 11.8 Å². The van der Waals surface area contributed by atoms with Crippen molar-refractivity contribution in [2.24, 2.45) is 18.9 Å². The number of aromatic nitrogens is 2. The van der Waals surface area contributed by atoms with Crippen molar-refractivity contribution in [3.05, 3.63) is 46.8 Å². The Morgan fingerprint density at radius 2 is 1.86 bits per heavy atom. The Kier molecular flexibility index (Phi) is 7.57. The fourth-order valence-corrected chi connectivity index (χ4v) is 5.32. The quantitative estimate of drug-likeness (QED) is 0.687. The first kappa shape index (κ1) is 24.9. The van der Waals surface area contributed by atoms with Gasteiger partial charge in [0.05, 0.1) is 5.92 Å². The Bertz CT molecular complexity index is 1100. The first-order chi connectivity index (χ1) is 16.8. The summed E-state index contributed by atoms with van der Waals surface area (Å²) in [6.45, 7) is 8.11. The summed E-state index contributed by atoms with van der Waals surface area (Å²) in [5.41, 5.74) is 4.12. The van der Waals surface area contributed by atoms with Gasteiger partial charge in [-0.3, -0.25) is 19.1 Å². The average molecular weight is 480 g/mol. The molecule has 1 N–H and O–H groups in total. The number of carbonyl (C=O) groups is 3. The van der Waals surface area contributed by atoms with Gasteiger partial charge in [-0.25, -0.2) is 0 Å². The first-order valence-corrected chi connectivity index (χ1v) is 12.8. The number of hydrogen-bond donors (Lipinski definition) is 1. The number of amides is 3. The summed E-state index contributed by atoms with van der Waals surface area (Å²) < 4.78 is 1.79. The molecule has 1 saturated heterocycles. The Balaban J connectivity index is 1.48. The lowest BCUT2D eigenvalue weighted by atomic mass is 9.95. The van der Waals surface area contributed by atoms with Crippen molar-refractivity contribution < 1.29 is 14.4 Å². The van der Waals surface area contributed by atoms with Crippen LogP contribution in [0.15, 0.2) is 24.3 Å². The van der Waals surface area contributed by atoms with Crippen molar-refractivity contribution in [3.8, 4) is 0 Å². The van der Waals surface area contributed by atoms with Crippen LogP contribution < -0.4 is 5.32 Å². The molecule has 4 rings (SSSR count). The number of benzene rings is 1. The minimum atomic E-state index is -0.264. The van der Waals surface area contributed by atoms with Gasteiger partial charge in [-0.15, -0.1) is 0 Å². The second kappa shape index (κ2) is 10.6. The van der Waals surface area contributed by atoms with Crippen molar-refractivity contribution in [3.63, 3.8) is 0 Å². The Labute approximate surface area is 207 Å². The van der Waals surface area contributed by atoms with E-state index in [1.807, 2.05) is 57.0 Å². The second-order valence-electron chi connectivity index (χ2n) is 9.82. The summed E-state index contributed by atoms with van der Waals surface area (Å²) in [4.78, 5) is 43.2. The van der Waals surface area contributed by atoms with E-state index in [2.05, 4.69) is 10.4 Å². The van der Waals surface area contributed by atoms with Gasteiger partial charge in [-0.2, -0.15) is 5.10 Å². The topological polar surface area (TPSA) is 87.5 Å². The number of likely N-dealkylation sites (tertiary alicyclic amines) is 1. The molecule has 35 heavy (non-hydrogen) atoms. The summed E-state index contributed by atoms with van der Waals surface area (Å²) in [5, 5.41) is 7.61. The van der Waals surface area contributed by atoms with Crippen LogP contribution in [0.3, 0.4) is 0 Å². The van der Waals surface area contributed by atoms with Crippen molar-refractivity contribution in [2.45, 2.75) is 59.4 Å². The maximum Gasteiger partial charge on any atom is 0.274 e. The zero-order valence-electron chi connectivity index (χ0n) is 21.3. The number of para-hydroxylation sites is 1. The predicted molar refractivity (Wildman–Crippen MR) is 135 cm³/mol. The smallest absolute Gasteiger partial charge is 0.274 e. The molecule has 1 aromatic carbocycles. The minimum Gasteiger partial charge on any atom is -0.338 e. The molecular formula is C27H37N5O3. The highest BCUT2D eigenvalue weighted by Gasteiger charge is 2.35. The number of piperidine rings is 1. The van der Waals surface area contributed by atoms with E-state index in [1.54, 1.807) is 9.58 Å². The largest absolute Gasteiger partial charge is 0.338 e. The SMILES string of the molecule is CCC(CC)C(=O)N1CCc2c(c(C(=O)N3CCC[C@H](C(=O)Nc4ccccc4C)C3)nn2C)C1. The Morgan fingerprint density at radius 1 is 1.11 bits per heavy atom. The van der Waals surface area contributed by atoms with Gasteiger partial charge in [0.15, 0.2) is 5.69 Å². The number of carbonyl (C=O) groups excluding carboxylic acids is 3. The minimum absolute atomic E-state index is 0.0157. The molecule has 0 unspecified atom stereocenters. The number of nitrogens with one attached hydrogen (secondary N) is 1. The third-order valence-electron chi connectivity index (χ3n) is 7.57. The van der Waals surface area contributed by atoms with Gasteiger partial charge in [-0.05, 0) is 44.2 Å². The highest BCUT2D eigenvalue weighted by atomic mass is 16.2. The van der Waals surface area contributed by atoms with Gasteiger partial charge >= 0.3 is 0 Å². The van der Waals surface area contributed by atoms with Crippen LogP contribution in [-0.2, 0) is 29.6 Å². The lowest BCUT2D eigenvalue weighted by Gasteiger charge is -2.33. The molecule has 1 atom stereocenters. The number of fused-ring (bicyclic) bond motifs is 1. The molecule has 8 heteroatoms. The monoisotopic (exact) mass is 479 g/mol. The molecule has 0 bridgehead atoms. The van der Waals surface area contributed by atoms with E-state index in [9.17, 15) is 14.4 Å². The third-order valence-corrected chi connectivity index (χ3v) is 7.57. The van der Waals surface area contributed by atoms with Crippen molar-refractivity contribution in [1.82, 2.24) is 19.6 Å². The van der Waals surface area contributed by atoms with Crippen molar-refractivity contribution >= 4 is 23.4 Å². The molecule has 3 amide bonds. The highest BCUT2D eigenvalue weighted by molar-refractivity contribution is 5.96. The fraction of sp³-hybridized carbons (Fsp3) is 0.556. The molecule has 188 valence electrons. The number of aryl methyl sites for hydroxylation is 2. The van der Waals surface area contributed by atoms with Crippen LogP contribution >= 0.6 is 0 Å². The van der Waals surface area contributed by atoms with Crippen molar-refractivity contribution in [1.29, 1.82) is 0 Å². The molecule has 2 aliphatic rings. The van der Waals surface area contributed by atoms with Crippen LogP contribution in [0.2, 0.25) is 0 Å². The number of anilines is 1. The van der Waals surface area contributed by atoms with E-state index < -0.39 is 0 Å². The maximum atomic E-state index is 13.6. The fourth-order valence-electron chi connectivity index (χ4n) is 5.32. The van der Waals surface area contributed by atoms with E-state index >= 15 is 0 Å². The van der Waals surface area contributed by atoms with Crippen LogP contribution in [0.1, 0.15) is 66.8 Å². The normalized spacial score (nSPS) is 17.9. The standard InChI is InChI=1S/C27H37N5O3/c1-5-19(6-2)26(34)32-15-13-23-21(17-32)24(29-30(23)4)27(35)31-14-9-11-20(16-31)25(33)28-22-12-8-7-10-18(22)3/h7-8,10,12,19-20H,5-6,9,11,13-17H2,1-4H3,(H,28,33)/t20-/m0/s1. The molecule has 1 aromatic heterocycles. The molecule has 0 aliphatic carbocycles. The lowest BCUT2D eigenvalue weighted by molar-refractivity contribution is -0.136. The number of nitrogens with zero attached hydrogens (tertiary/aromatic N) is 4. The molecule has 8 nitrogen and oxygen atoms in total. The van der Waals surface area contributed by atoms with E-state index in [1.165, 1.54) is 0 Å². The Morgan fingerprint density at radius 3 is 2.57 bits per heavy atom. The third kappa shape index (κ3) is 5.11. The second-order valence-corrected chi connectivity index (χ2v) is 9.82. The van der Waals surface area contributed by atoms with Gasteiger partial charge < -0.3 is 15.1 Å². The van der Waals surface area contributed by atoms with Gasteiger partial charge in [0.1, 0.15) is 0 Å². The van der Waals surface area contributed by atoms with Crippen LogP contribution in [0, 0.1) is 18.8 Å². The first-order valence-electron chi connectivity index (χ1n) is 12.8. The molecule has 0 saturated carbocycles. The zero-order valence-corrected chi connectivity index (χ0v) is 21.3. The number of rotatable bonds is 6. The molecule has 2 aromatic rings. The van der Waals surface area contributed by atoms with Crippen LogP contribution in [-0.4, -0.2) is 56.9 Å². The van der Waals surface area contributed by atoms with Crippen LogP contribution in [0.25, 0.3) is 0 Å². The molecule has 3 heterocycles. The van der Waals surface area contributed by atoms with E-state index in [0.717, 1.165) is 48.2 Å². The number of hydrogen-bond acceptors (Lipinski definition) is 4. The van der Waals surface area contributed by atoms with Gasteiger partial charge in [0, 0.05) is 62.5 Å². The van der Waals surface area contributed by atoms with Gasteiger partial charge in [-0.1, -0.05) is 32.0 Å². The van der Waals surface area contributed by atoms with Crippen LogP contribution in [0.4, 0.5) is 5.69 Å². The summed E-state index contributed by atoms with van der Waals surface area (Å²) >= 11 is 0. The lowest BCUT2D eigenvalue weighted by Crippen LogP contribution is -2.44. The summed E-state index contributed by atoms with van der Waals surface area (Å²) in [6.07, 6.45) is 3.85. The van der Waals surface area contributed by atoms with Crippen LogP contribution in [0.5, 0.6) is 0 Å². The van der Waals surface area contributed by atoms with E-state index in [0.29, 0.717) is 38.3 Å². The Hall–Kier alpha value is -3.16. The summed E-state index contributed by atoms with van der Waals surface area (Å²) in [6, 6.07) is 7.71. The summed E-state index contributed by atoms with van der Waals surface area (Å²) in [5.74, 6) is -0.288. The maximum absolute atomic E-state index is 13.6. The van der Waals surface area contributed by atoms with E-state index in [4.69, 9.17) is 0 Å². The predicted octanol–water partition coefficient (Wildman–Crippen LogP) is 3.54. The molecule has 2 aliphatic heterocycles. The molecule has 0 radical (unpaired) electrons. The van der Waals surface area contributed by atoms with Crippen molar-refractivity contribution in [2.75, 3.05) is 25.0 Å². The molecule has 0 spiro atoms. The highest BCUT2D eigenvalue weighted by Crippen LogP contribution is 2.27. The molecule has 1 fully saturated rings. The average Bonchev–Trinajstić information content (AvgIpc) is 3.21. The summed E-state index contributed by atoms with van der Waals surface area (Å²) in [7, 11) is 1.86. The van der Waals surface area contributed by atoms with Gasteiger partial charge in [0.25, 0.3) is 5.91 Å². The zero-order chi connectivity index (χ0) is 25.1. The molecular weight excluding hydrogens is 442 g/mol.